The molecule has 5 nitrogen and oxygen atoms in total. The third kappa shape index (κ3) is 4.73. The van der Waals surface area contributed by atoms with E-state index in [4.69, 9.17) is 5.73 Å². The van der Waals surface area contributed by atoms with Crippen LogP contribution in [0.2, 0.25) is 0 Å². The second-order valence-electron chi connectivity index (χ2n) is 2.98. The van der Waals surface area contributed by atoms with Crippen molar-refractivity contribution in [2.45, 2.75) is 13.0 Å². The molecule has 0 radical (unpaired) electrons. The number of rotatable bonds is 6. The maximum atomic E-state index is 10.8. The Bertz CT molecular complexity index is 314. The number of methoxy groups -OCH3 is 1. The molecule has 1 heterocycles. The van der Waals surface area contributed by atoms with E-state index in [0.717, 1.165) is 18.1 Å². The van der Waals surface area contributed by atoms with Crippen LogP contribution in [0.25, 0.3) is 0 Å². The van der Waals surface area contributed by atoms with E-state index in [2.05, 4.69) is 9.84 Å². The van der Waals surface area contributed by atoms with Crippen molar-refractivity contribution in [3.63, 3.8) is 0 Å². The molecule has 0 saturated heterocycles. The number of nitrogen functional groups attached to an aromatic ring is 1. The molecule has 0 unspecified atom stereocenters. The van der Waals surface area contributed by atoms with Crippen LogP contribution in [0.3, 0.4) is 0 Å². The Hall–Kier alpha value is -1.17. The molecule has 84 valence electrons. The number of thioether (sulfide) groups is 1. The molecule has 1 rings (SSSR count). The first-order valence-corrected chi connectivity index (χ1v) is 5.80. The van der Waals surface area contributed by atoms with Gasteiger partial charge in [0.1, 0.15) is 0 Å². The van der Waals surface area contributed by atoms with E-state index in [0.29, 0.717) is 12.1 Å². The molecule has 2 N–H and O–H groups in total. The monoisotopic (exact) mass is 229 g/mol. The van der Waals surface area contributed by atoms with Crippen molar-refractivity contribution in [2.75, 3.05) is 24.3 Å². The van der Waals surface area contributed by atoms with Gasteiger partial charge in [0.15, 0.2) is 0 Å². The molecule has 0 fully saturated rings. The largest absolute Gasteiger partial charge is 0.469 e. The van der Waals surface area contributed by atoms with Crippen LogP contribution in [0.5, 0.6) is 0 Å². The fraction of sp³-hybridized carbons (Fsp3) is 0.556. The minimum Gasteiger partial charge on any atom is -0.469 e. The van der Waals surface area contributed by atoms with Gasteiger partial charge in [0.2, 0.25) is 0 Å². The highest BCUT2D eigenvalue weighted by Crippen LogP contribution is 2.05. The molecule has 0 amide bonds. The number of esters is 1. The van der Waals surface area contributed by atoms with E-state index in [1.54, 1.807) is 28.8 Å². The number of carbonyl (C=O) groups excluding carboxylic acids is 1. The Morgan fingerprint density at radius 1 is 1.67 bits per heavy atom. The summed E-state index contributed by atoms with van der Waals surface area (Å²) in [5, 5.41) is 4.05. The zero-order valence-electron chi connectivity index (χ0n) is 8.68. The molecule has 0 aromatic carbocycles. The van der Waals surface area contributed by atoms with Crippen LogP contribution >= 0.6 is 11.8 Å². The molecule has 0 bridgehead atoms. The van der Waals surface area contributed by atoms with Gasteiger partial charge in [-0.25, -0.2) is 0 Å². The molecule has 0 aliphatic carbocycles. The van der Waals surface area contributed by atoms with Crippen LogP contribution < -0.4 is 5.73 Å². The molecule has 6 heteroatoms. The van der Waals surface area contributed by atoms with Gasteiger partial charge in [-0.2, -0.15) is 16.9 Å². The van der Waals surface area contributed by atoms with E-state index in [1.165, 1.54) is 7.11 Å². The molecule has 0 aliphatic rings. The Morgan fingerprint density at radius 3 is 3.07 bits per heavy atom. The fourth-order valence-corrected chi connectivity index (χ4v) is 1.85. The summed E-state index contributed by atoms with van der Waals surface area (Å²) in [6.45, 7) is 0.809. The van der Waals surface area contributed by atoms with Crippen LogP contribution in [-0.2, 0) is 16.1 Å². The van der Waals surface area contributed by atoms with Crippen LogP contribution in [-0.4, -0.2) is 34.4 Å². The van der Waals surface area contributed by atoms with Crippen molar-refractivity contribution in [1.29, 1.82) is 0 Å². The van der Waals surface area contributed by atoms with Gasteiger partial charge >= 0.3 is 5.97 Å². The predicted octanol–water partition coefficient (Wildman–Crippen LogP) is 0.762. The van der Waals surface area contributed by atoms with Gasteiger partial charge in [-0.1, -0.05) is 0 Å². The Morgan fingerprint density at radius 2 is 2.47 bits per heavy atom. The van der Waals surface area contributed by atoms with Crippen LogP contribution in [0.1, 0.15) is 6.42 Å². The number of carbonyl (C=O) groups is 1. The Labute approximate surface area is 93.0 Å². The first-order valence-electron chi connectivity index (χ1n) is 4.65. The molecule has 0 atom stereocenters. The summed E-state index contributed by atoms with van der Waals surface area (Å²) in [6, 6.07) is 0. The first-order chi connectivity index (χ1) is 7.22. The van der Waals surface area contributed by atoms with Gasteiger partial charge in [0, 0.05) is 17.7 Å². The summed E-state index contributed by atoms with van der Waals surface area (Å²) in [4.78, 5) is 10.8. The van der Waals surface area contributed by atoms with E-state index in [9.17, 15) is 4.79 Å². The third-order valence-corrected chi connectivity index (χ3v) is 2.76. The van der Waals surface area contributed by atoms with Gasteiger partial charge in [-0.3, -0.25) is 9.48 Å². The van der Waals surface area contributed by atoms with Gasteiger partial charge in [0.05, 0.1) is 32.0 Å². The average molecular weight is 229 g/mol. The zero-order valence-corrected chi connectivity index (χ0v) is 9.50. The molecule has 0 aliphatic heterocycles. The number of hydrogen-bond donors (Lipinski definition) is 1. The summed E-state index contributed by atoms with van der Waals surface area (Å²) in [5.74, 6) is 1.53. The lowest BCUT2D eigenvalue weighted by Gasteiger charge is -2.01. The highest BCUT2D eigenvalue weighted by atomic mass is 32.2. The lowest BCUT2D eigenvalue weighted by molar-refractivity contribution is -0.140. The second-order valence-corrected chi connectivity index (χ2v) is 4.20. The van der Waals surface area contributed by atoms with Gasteiger partial charge in [-0.05, 0) is 0 Å². The van der Waals surface area contributed by atoms with E-state index in [1.807, 2.05) is 0 Å². The molecular formula is C9H15N3O2S. The van der Waals surface area contributed by atoms with Gasteiger partial charge in [0.25, 0.3) is 0 Å². The maximum Gasteiger partial charge on any atom is 0.306 e. The van der Waals surface area contributed by atoms with Crippen LogP contribution in [0.4, 0.5) is 5.69 Å². The van der Waals surface area contributed by atoms with E-state index in [-0.39, 0.29) is 5.97 Å². The summed E-state index contributed by atoms with van der Waals surface area (Å²) in [5.41, 5.74) is 6.19. The molecule has 1 aromatic rings. The summed E-state index contributed by atoms with van der Waals surface area (Å²) in [6.07, 6.45) is 3.88. The number of nitrogens with two attached hydrogens (primary N) is 1. The van der Waals surface area contributed by atoms with E-state index < -0.39 is 0 Å². The molecule has 0 saturated carbocycles. The first kappa shape index (κ1) is 11.9. The van der Waals surface area contributed by atoms with Crippen molar-refractivity contribution >= 4 is 23.4 Å². The predicted molar refractivity (Wildman–Crippen MR) is 60.6 cm³/mol. The van der Waals surface area contributed by atoms with Crippen molar-refractivity contribution in [1.82, 2.24) is 9.78 Å². The maximum absolute atomic E-state index is 10.8. The minimum atomic E-state index is -0.161. The Balaban J connectivity index is 2.05. The number of ether oxygens (including phenoxy) is 1. The second kappa shape index (κ2) is 6.34. The number of nitrogens with zero attached hydrogens (tertiary/aromatic N) is 2. The number of aryl methyl sites for hydroxylation is 1. The number of aromatic nitrogens is 2. The number of hydrogen-bond acceptors (Lipinski definition) is 5. The molecule has 15 heavy (non-hydrogen) atoms. The van der Waals surface area contributed by atoms with Crippen molar-refractivity contribution < 1.29 is 9.53 Å². The van der Waals surface area contributed by atoms with Crippen molar-refractivity contribution in [3.8, 4) is 0 Å². The smallest absolute Gasteiger partial charge is 0.306 e. The lowest BCUT2D eigenvalue weighted by atomic mass is 10.5. The summed E-state index contributed by atoms with van der Waals surface area (Å²) in [7, 11) is 1.40. The molecule has 1 aromatic heterocycles. The normalized spacial score (nSPS) is 10.2. The zero-order chi connectivity index (χ0) is 11.1. The highest BCUT2D eigenvalue weighted by Gasteiger charge is 1.99. The fourth-order valence-electron chi connectivity index (χ4n) is 1.02. The van der Waals surface area contributed by atoms with Crippen molar-refractivity contribution in [3.05, 3.63) is 12.4 Å². The number of anilines is 1. The Kier molecular flexibility index (Phi) is 5.03. The SMILES string of the molecule is COC(=O)CCSCCn1cc(N)cn1. The third-order valence-electron chi connectivity index (χ3n) is 1.80. The average Bonchev–Trinajstić information content (AvgIpc) is 2.63. The minimum absolute atomic E-state index is 0.161. The highest BCUT2D eigenvalue weighted by molar-refractivity contribution is 7.99. The van der Waals surface area contributed by atoms with E-state index >= 15 is 0 Å². The van der Waals surface area contributed by atoms with Crippen LogP contribution in [0.15, 0.2) is 12.4 Å². The molecular weight excluding hydrogens is 214 g/mol. The van der Waals surface area contributed by atoms with Crippen LogP contribution in [0, 0.1) is 0 Å². The standard InChI is InChI=1S/C9H15N3O2S/c1-14-9(13)2-4-15-5-3-12-7-8(10)6-11-12/h6-7H,2-5,10H2,1H3. The van der Waals surface area contributed by atoms with Crippen molar-refractivity contribution in [2.24, 2.45) is 0 Å². The summed E-state index contributed by atoms with van der Waals surface area (Å²) >= 11 is 1.70. The topological polar surface area (TPSA) is 70.1 Å². The molecule has 0 spiro atoms. The quantitative estimate of drug-likeness (QED) is 0.576. The summed E-state index contributed by atoms with van der Waals surface area (Å²) < 4.78 is 6.32. The van der Waals surface area contributed by atoms with Gasteiger partial charge in [-0.15, -0.1) is 0 Å². The lowest BCUT2D eigenvalue weighted by Crippen LogP contribution is -2.04. The van der Waals surface area contributed by atoms with Gasteiger partial charge < -0.3 is 10.5 Å².